The standard InChI is InChI=1S/C28H23ClF3N5O2/c1-2-7-24(36(13-6-12-33)27(38)21-15-18(30)16-22(31)25(21)32)26-34-23-14-17(29)10-11-20(23)28(39)37(26)35-19-8-4-3-5-9-19/h1,3-5,8-11,14-16,24,35H,6-7,12-13,33H2. The topological polar surface area (TPSA) is 93.2 Å². The van der Waals surface area contributed by atoms with Crippen molar-refractivity contribution in [3.05, 3.63) is 105 Å². The molecule has 3 aromatic carbocycles. The van der Waals surface area contributed by atoms with Crippen molar-refractivity contribution in [2.24, 2.45) is 5.73 Å². The quantitative estimate of drug-likeness (QED) is 0.227. The maximum absolute atomic E-state index is 14.7. The van der Waals surface area contributed by atoms with Gasteiger partial charge in [-0.05, 0) is 49.4 Å². The summed E-state index contributed by atoms with van der Waals surface area (Å²) in [5.74, 6) is -2.76. The highest BCUT2D eigenvalue weighted by Gasteiger charge is 2.32. The fraction of sp³-hybridized carbons (Fsp3) is 0.179. The number of carbonyl (C=O) groups excluding carboxylic acids is 1. The lowest BCUT2D eigenvalue weighted by Crippen LogP contribution is -2.42. The van der Waals surface area contributed by atoms with Gasteiger partial charge in [0.05, 0.1) is 22.2 Å². The predicted molar refractivity (Wildman–Crippen MR) is 144 cm³/mol. The molecular weight excluding hydrogens is 531 g/mol. The molecule has 1 heterocycles. The minimum atomic E-state index is -1.52. The van der Waals surface area contributed by atoms with E-state index in [0.29, 0.717) is 22.8 Å². The Morgan fingerprint density at radius 1 is 1.15 bits per heavy atom. The van der Waals surface area contributed by atoms with Crippen LogP contribution < -0.4 is 16.7 Å². The summed E-state index contributed by atoms with van der Waals surface area (Å²) in [5.41, 5.74) is 8.07. The van der Waals surface area contributed by atoms with Crippen LogP contribution >= 0.6 is 11.6 Å². The van der Waals surface area contributed by atoms with Gasteiger partial charge in [-0.3, -0.25) is 15.0 Å². The molecule has 0 aliphatic rings. The third-order valence-electron chi connectivity index (χ3n) is 5.94. The van der Waals surface area contributed by atoms with Gasteiger partial charge in [0.25, 0.3) is 11.5 Å². The average molecular weight is 554 g/mol. The molecule has 0 saturated heterocycles. The minimum Gasteiger partial charge on any atom is -0.330 e. The van der Waals surface area contributed by atoms with Gasteiger partial charge in [-0.25, -0.2) is 22.8 Å². The predicted octanol–water partition coefficient (Wildman–Crippen LogP) is 4.90. The van der Waals surface area contributed by atoms with Crippen LogP contribution in [-0.2, 0) is 0 Å². The Bertz CT molecular complexity index is 1620. The number of hydrogen-bond donors (Lipinski definition) is 2. The number of anilines is 1. The molecule has 11 heteroatoms. The summed E-state index contributed by atoms with van der Waals surface area (Å²) in [6.45, 7) is 0.0659. The van der Waals surface area contributed by atoms with E-state index in [1.165, 1.54) is 18.2 Å². The molecular formula is C28H23ClF3N5O2. The summed E-state index contributed by atoms with van der Waals surface area (Å²) >= 11 is 6.15. The number of fused-ring (bicyclic) bond motifs is 1. The Morgan fingerprint density at radius 3 is 2.59 bits per heavy atom. The largest absolute Gasteiger partial charge is 0.330 e. The Balaban J connectivity index is 1.96. The van der Waals surface area contributed by atoms with Crippen molar-refractivity contribution in [3.63, 3.8) is 0 Å². The lowest BCUT2D eigenvalue weighted by molar-refractivity contribution is 0.0659. The summed E-state index contributed by atoms with van der Waals surface area (Å²) < 4.78 is 43.9. The Hall–Kier alpha value is -4.33. The minimum absolute atomic E-state index is 0.000718. The van der Waals surface area contributed by atoms with Gasteiger partial charge in [0.1, 0.15) is 11.9 Å². The van der Waals surface area contributed by atoms with Crippen molar-refractivity contribution < 1.29 is 18.0 Å². The van der Waals surface area contributed by atoms with E-state index in [2.05, 4.69) is 16.3 Å². The molecule has 4 rings (SSSR count). The van der Waals surface area contributed by atoms with E-state index in [1.807, 2.05) is 0 Å². The lowest BCUT2D eigenvalue weighted by atomic mass is 10.1. The maximum Gasteiger partial charge on any atom is 0.280 e. The second-order valence-electron chi connectivity index (χ2n) is 8.56. The molecule has 1 amide bonds. The first-order valence-corrected chi connectivity index (χ1v) is 12.3. The van der Waals surface area contributed by atoms with Gasteiger partial charge in [-0.2, -0.15) is 0 Å². The van der Waals surface area contributed by atoms with Gasteiger partial charge < -0.3 is 10.6 Å². The lowest BCUT2D eigenvalue weighted by Gasteiger charge is -2.32. The third kappa shape index (κ3) is 5.90. The smallest absolute Gasteiger partial charge is 0.280 e. The number of rotatable bonds is 9. The number of nitrogens with zero attached hydrogens (tertiary/aromatic N) is 3. The van der Waals surface area contributed by atoms with Gasteiger partial charge in [0.2, 0.25) is 0 Å². The Morgan fingerprint density at radius 2 is 1.90 bits per heavy atom. The van der Waals surface area contributed by atoms with E-state index < -0.39 is 40.5 Å². The first-order valence-electron chi connectivity index (χ1n) is 11.9. The van der Waals surface area contributed by atoms with Crippen LogP contribution in [0.2, 0.25) is 5.02 Å². The monoisotopic (exact) mass is 553 g/mol. The van der Waals surface area contributed by atoms with Crippen molar-refractivity contribution in [1.29, 1.82) is 0 Å². The molecule has 0 aliphatic carbocycles. The van der Waals surface area contributed by atoms with Crippen molar-refractivity contribution in [1.82, 2.24) is 14.6 Å². The zero-order valence-electron chi connectivity index (χ0n) is 20.5. The Kier molecular flexibility index (Phi) is 8.54. The Labute approximate surface area is 227 Å². The highest BCUT2D eigenvalue weighted by Crippen LogP contribution is 2.28. The first kappa shape index (κ1) is 27.7. The number of halogens is 4. The van der Waals surface area contributed by atoms with Crippen LogP contribution in [0, 0.1) is 29.8 Å². The van der Waals surface area contributed by atoms with Crippen LogP contribution in [0.5, 0.6) is 0 Å². The van der Waals surface area contributed by atoms with Crippen LogP contribution in [0.3, 0.4) is 0 Å². The van der Waals surface area contributed by atoms with Crippen LogP contribution in [0.4, 0.5) is 18.9 Å². The molecule has 0 radical (unpaired) electrons. The number of terminal acetylenes is 1. The third-order valence-corrected chi connectivity index (χ3v) is 6.18. The second kappa shape index (κ2) is 12.0. The van der Waals surface area contributed by atoms with Gasteiger partial charge in [-0.1, -0.05) is 29.8 Å². The molecule has 200 valence electrons. The molecule has 1 atom stereocenters. The highest BCUT2D eigenvalue weighted by atomic mass is 35.5. The number of aromatic nitrogens is 2. The summed E-state index contributed by atoms with van der Waals surface area (Å²) in [5, 5.41) is 0.542. The zero-order chi connectivity index (χ0) is 28.1. The maximum atomic E-state index is 14.7. The highest BCUT2D eigenvalue weighted by molar-refractivity contribution is 6.31. The molecule has 7 nitrogen and oxygen atoms in total. The summed E-state index contributed by atoms with van der Waals surface area (Å²) in [7, 11) is 0. The molecule has 0 saturated carbocycles. The van der Waals surface area contributed by atoms with Crippen molar-refractivity contribution >= 4 is 34.1 Å². The molecule has 4 aromatic rings. The van der Waals surface area contributed by atoms with Gasteiger partial charge in [0, 0.05) is 24.1 Å². The number of hydrogen-bond acceptors (Lipinski definition) is 5. The normalized spacial score (nSPS) is 11.7. The summed E-state index contributed by atoms with van der Waals surface area (Å²) in [6.07, 6.45) is 5.73. The summed E-state index contributed by atoms with van der Waals surface area (Å²) in [6, 6.07) is 13.0. The average Bonchev–Trinajstić information content (AvgIpc) is 2.92. The zero-order valence-corrected chi connectivity index (χ0v) is 21.3. The van der Waals surface area contributed by atoms with Crippen LogP contribution in [0.15, 0.2) is 65.5 Å². The van der Waals surface area contributed by atoms with Gasteiger partial charge >= 0.3 is 0 Å². The van der Waals surface area contributed by atoms with Crippen molar-refractivity contribution in [3.8, 4) is 12.3 Å². The number of para-hydroxylation sites is 1. The van der Waals surface area contributed by atoms with E-state index in [-0.39, 0.29) is 42.7 Å². The first-order chi connectivity index (χ1) is 18.7. The van der Waals surface area contributed by atoms with E-state index in [1.54, 1.807) is 30.3 Å². The molecule has 39 heavy (non-hydrogen) atoms. The molecule has 1 aromatic heterocycles. The van der Waals surface area contributed by atoms with E-state index >= 15 is 0 Å². The van der Waals surface area contributed by atoms with Crippen LogP contribution in [-0.4, -0.2) is 33.6 Å². The van der Waals surface area contributed by atoms with Crippen LogP contribution in [0.25, 0.3) is 10.9 Å². The number of benzene rings is 3. The fourth-order valence-corrected chi connectivity index (χ4v) is 4.30. The van der Waals surface area contributed by atoms with Gasteiger partial charge in [-0.15, -0.1) is 12.3 Å². The number of nitrogens with one attached hydrogen (secondary N) is 1. The molecule has 1 unspecified atom stereocenters. The summed E-state index contributed by atoms with van der Waals surface area (Å²) in [4.78, 5) is 33.0. The van der Waals surface area contributed by atoms with E-state index in [9.17, 15) is 22.8 Å². The van der Waals surface area contributed by atoms with E-state index in [4.69, 9.17) is 23.8 Å². The number of carbonyl (C=O) groups is 1. The molecule has 3 N–H and O–H groups in total. The van der Waals surface area contributed by atoms with Crippen molar-refractivity contribution in [2.75, 3.05) is 18.5 Å². The van der Waals surface area contributed by atoms with Crippen molar-refractivity contribution in [2.45, 2.75) is 18.9 Å². The molecule has 0 fully saturated rings. The van der Waals surface area contributed by atoms with E-state index in [0.717, 1.165) is 9.58 Å². The number of amides is 1. The van der Waals surface area contributed by atoms with Crippen LogP contribution in [0.1, 0.15) is 35.1 Å². The number of nitrogens with two attached hydrogens (primary N) is 1. The molecule has 0 aliphatic heterocycles. The molecule has 0 bridgehead atoms. The SMILES string of the molecule is C#CCC(c1nc2cc(Cl)ccc2c(=O)n1Nc1ccccc1)N(CCCN)C(=O)c1cc(F)cc(F)c1F. The molecule has 0 spiro atoms. The van der Waals surface area contributed by atoms with Gasteiger partial charge in [0.15, 0.2) is 17.5 Å². The second-order valence-corrected chi connectivity index (χ2v) is 9.00. The fourth-order valence-electron chi connectivity index (χ4n) is 4.13.